The Morgan fingerprint density at radius 1 is 1.50 bits per heavy atom. The molecule has 0 aliphatic carbocycles. The molecule has 0 aromatic heterocycles. The van der Waals surface area contributed by atoms with Crippen LogP contribution in [0.2, 0.25) is 0 Å². The molecule has 0 unspecified atom stereocenters. The summed E-state index contributed by atoms with van der Waals surface area (Å²) in [4.78, 5) is 4.73. The van der Waals surface area contributed by atoms with Crippen molar-refractivity contribution in [3.63, 3.8) is 0 Å². The highest BCUT2D eigenvalue weighted by Gasteiger charge is 2.20. The second kappa shape index (κ2) is 4.44. The van der Waals surface area contributed by atoms with Gasteiger partial charge in [0.05, 0.1) is 6.07 Å². The third-order valence-corrected chi connectivity index (χ3v) is 2.48. The molecule has 68 valence electrons. The standard InChI is InChI=1S/C9H17N3/c1-9-8-11(2)6-7-12(9)5-3-4-10/h9H,3,5-8H2,1-2H3/t9-/m0/s1. The lowest BCUT2D eigenvalue weighted by Crippen LogP contribution is -2.50. The fraction of sp³-hybridized carbons (Fsp3) is 0.889. The number of likely N-dealkylation sites (N-methyl/N-ethyl adjacent to an activating group) is 1. The van der Waals surface area contributed by atoms with Crippen LogP contribution in [0.5, 0.6) is 0 Å². The van der Waals surface area contributed by atoms with E-state index >= 15 is 0 Å². The van der Waals surface area contributed by atoms with Gasteiger partial charge in [-0.2, -0.15) is 5.26 Å². The van der Waals surface area contributed by atoms with Crippen LogP contribution < -0.4 is 0 Å². The molecule has 0 N–H and O–H groups in total. The zero-order valence-corrected chi connectivity index (χ0v) is 7.95. The molecule has 0 saturated carbocycles. The van der Waals surface area contributed by atoms with Crippen LogP contribution in [0.3, 0.4) is 0 Å². The van der Waals surface area contributed by atoms with Crippen molar-refractivity contribution < 1.29 is 0 Å². The minimum Gasteiger partial charge on any atom is -0.304 e. The van der Waals surface area contributed by atoms with Crippen molar-refractivity contribution in [1.29, 1.82) is 5.26 Å². The fourth-order valence-electron chi connectivity index (χ4n) is 1.70. The number of piperazine rings is 1. The summed E-state index contributed by atoms with van der Waals surface area (Å²) in [5, 5.41) is 8.45. The summed E-state index contributed by atoms with van der Waals surface area (Å²) in [6.45, 7) is 6.54. The van der Waals surface area contributed by atoms with Gasteiger partial charge < -0.3 is 4.90 Å². The Balaban J connectivity index is 2.30. The molecule has 0 amide bonds. The normalized spacial score (nSPS) is 26.9. The van der Waals surface area contributed by atoms with Crippen molar-refractivity contribution in [3.05, 3.63) is 0 Å². The molecule has 1 aliphatic rings. The van der Waals surface area contributed by atoms with E-state index < -0.39 is 0 Å². The van der Waals surface area contributed by atoms with Crippen molar-refractivity contribution >= 4 is 0 Å². The highest BCUT2D eigenvalue weighted by atomic mass is 15.3. The Morgan fingerprint density at radius 3 is 2.83 bits per heavy atom. The first kappa shape index (κ1) is 9.50. The topological polar surface area (TPSA) is 30.3 Å². The molecule has 1 saturated heterocycles. The lowest BCUT2D eigenvalue weighted by atomic mass is 10.2. The van der Waals surface area contributed by atoms with Crippen molar-refractivity contribution in [2.75, 3.05) is 33.2 Å². The second-order valence-corrected chi connectivity index (χ2v) is 3.56. The van der Waals surface area contributed by atoms with Gasteiger partial charge in [-0.3, -0.25) is 4.90 Å². The molecule has 1 heterocycles. The van der Waals surface area contributed by atoms with Gasteiger partial charge in [0.1, 0.15) is 0 Å². The van der Waals surface area contributed by atoms with Crippen LogP contribution in [-0.2, 0) is 0 Å². The van der Waals surface area contributed by atoms with E-state index in [-0.39, 0.29) is 0 Å². The van der Waals surface area contributed by atoms with Crippen molar-refractivity contribution in [3.8, 4) is 6.07 Å². The van der Waals surface area contributed by atoms with Crippen LogP contribution in [0, 0.1) is 11.3 Å². The van der Waals surface area contributed by atoms with Crippen molar-refractivity contribution in [2.45, 2.75) is 19.4 Å². The van der Waals surface area contributed by atoms with E-state index in [4.69, 9.17) is 5.26 Å². The average Bonchev–Trinajstić information content (AvgIpc) is 2.03. The van der Waals surface area contributed by atoms with Crippen LogP contribution in [0.1, 0.15) is 13.3 Å². The Kier molecular flexibility index (Phi) is 3.51. The largest absolute Gasteiger partial charge is 0.304 e. The minimum atomic E-state index is 0.608. The van der Waals surface area contributed by atoms with Gasteiger partial charge in [-0.05, 0) is 14.0 Å². The number of nitrogens with zero attached hydrogens (tertiary/aromatic N) is 3. The van der Waals surface area contributed by atoms with Crippen LogP contribution in [-0.4, -0.2) is 49.1 Å². The molecular formula is C9H17N3. The molecule has 0 radical (unpaired) electrons. The third-order valence-electron chi connectivity index (χ3n) is 2.48. The Morgan fingerprint density at radius 2 is 2.25 bits per heavy atom. The van der Waals surface area contributed by atoms with Crippen molar-refractivity contribution in [1.82, 2.24) is 9.80 Å². The minimum absolute atomic E-state index is 0.608. The Labute approximate surface area is 74.6 Å². The van der Waals surface area contributed by atoms with Gasteiger partial charge in [-0.15, -0.1) is 0 Å². The Bertz CT molecular complexity index is 173. The van der Waals surface area contributed by atoms with Crippen LogP contribution in [0.4, 0.5) is 0 Å². The first-order valence-corrected chi connectivity index (χ1v) is 4.53. The molecular weight excluding hydrogens is 150 g/mol. The maximum Gasteiger partial charge on any atom is 0.0635 e. The molecule has 0 spiro atoms. The molecule has 0 aromatic rings. The van der Waals surface area contributed by atoms with E-state index in [1.165, 1.54) is 0 Å². The van der Waals surface area contributed by atoms with E-state index in [1.54, 1.807) is 0 Å². The first-order valence-electron chi connectivity index (χ1n) is 4.53. The highest BCUT2D eigenvalue weighted by Crippen LogP contribution is 2.07. The highest BCUT2D eigenvalue weighted by molar-refractivity contribution is 4.80. The number of hydrogen-bond donors (Lipinski definition) is 0. The van der Waals surface area contributed by atoms with Gasteiger partial charge >= 0.3 is 0 Å². The summed E-state index contributed by atoms with van der Waals surface area (Å²) in [7, 11) is 2.15. The van der Waals surface area contributed by atoms with Gasteiger partial charge in [0.25, 0.3) is 0 Å². The quantitative estimate of drug-likeness (QED) is 0.601. The van der Waals surface area contributed by atoms with E-state index in [0.29, 0.717) is 12.5 Å². The zero-order valence-electron chi connectivity index (χ0n) is 7.95. The molecule has 12 heavy (non-hydrogen) atoms. The molecule has 3 nitrogen and oxygen atoms in total. The lowest BCUT2D eigenvalue weighted by molar-refractivity contribution is 0.102. The number of hydrogen-bond acceptors (Lipinski definition) is 3. The summed E-state index contributed by atoms with van der Waals surface area (Å²) in [5.41, 5.74) is 0. The molecule has 3 heteroatoms. The summed E-state index contributed by atoms with van der Waals surface area (Å²) in [6.07, 6.45) is 0.661. The second-order valence-electron chi connectivity index (χ2n) is 3.56. The first-order chi connectivity index (χ1) is 5.74. The molecule has 1 aliphatic heterocycles. The van der Waals surface area contributed by atoms with Crippen LogP contribution in [0.25, 0.3) is 0 Å². The van der Waals surface area contributed by atoms with Gasteiger partial charge in [0.2, 0.25) is 0 Å². The average molecular weight is 167 g/mol. The van der Waals surface area contributed by atoms with Gasteiger partial charge in [-0.25, -0.2) is 0 Å². The molecule has 1 fully saturated rings. The van der Waals surface area contributed by atoms with Crippen LogP contribution >= 0.6 is 0 Å². The summed E-state index contributed by atoms with van der Waals surface area (Å²) >= 11 is 0. The van der Waals surface area contributed by atoms with Crippen LogP contribution in [0.15, 0.2) is 0 Å². The number of rotatable bonds is 2. The Hall–Kier alpha value is -0.590. The van der Waals surface area contributed by atoms with E-state index in [0.717, 1.165) is 26.2 Å². The molecule has 0 bridgehead atoms. The number of nitriles is 1. The summed E-state index contributed by atoms with van der Waals surface area (Å²) < 4.78 is 0. The fourth-order valence-corrected chi connectivity index (χ4v) is 1.70. The van der Waals surface area contributed by atoms with E-state index in [1.807, 2.05) is 0 Å². The predicted molar refractivity (Wildman–Crippen MR) is 48.8 cm³/mol. The van der Waals surface area contributed by atoms with E-state index in [2.05, 4.69) is 29.8 Å². The van der Waals surface area contributed by atoms with Crippen molar-refractivity contribution in [2.24, 2.45) is 0 Å². The zero-order chi connectivity index (χ0) is 8.97. The maximum absolute atomic E-state index is 8.45. The third kappa shape index (κ3) is 2.47. The SMILES string of the molecule is C[C@H]1CN(C)CCN1CCC#N. The predicted octanol–water partition coefficient (Wildman–Crippen LogP) is 0.536. The van der Waals surface area contributed by atoms with Gasteiger partial charge in [-0.1, -0.05) is 0 Å². The van der Waals surface area contributed by atoms with Gasteiger partial charge in [0, 0.05) is 38.6 Å². The smallest absolute Gasteiger partial charge is 0.0635 e. The van der Waals surface area contributed by atoms with Gasteiger partial charge in [0.15, 0.2) is 0 Å². The molecule has 0 aromatic carbocycles. The maximum atomic E-state index is 8.45. The lowest BCUT2D eigenvalue weighted by Gasteiger charge is -2.37. The monoisotopic (exact) mass is 167 g/mol. The molecule has 1 rings (SSSR count). The molecule has 1 atom stereocenters. The summed E-state index contributed by atoms with van der Waals surface area (Å²) in [6, 6.07) is 2.80. The van der Waals surface area contributed by atoms with E-state index in [9.17, 15) is 0 Å². The summed E-state index contributed by atoms with van der Waals surface area (Å²) in [5.74, 6) is 0.